The molecule has 0 unspecified atom stereocenters. The van der Waals surface area contributed by atoms with E-state index in [1.165, 1.54) is 25.3 Å². The summed E-state index contributed by atoms with van der Waals surface area (Å²) in [7, 11) is 1.34. The summed E-state index contributed by atoms with van der Waals surface area (Å²) >= 11 is 0. The SMILES string of the molecule is COc1cccc(N=C=O)c1C(=O)O. The molecule has 0 bridgehead atoms. The number of hydrogen-bond donors (Lipinski definition) is 1. The summed E-state index contributed by atoms with van der Waals surface area (Å²) in [6, 6.07) is 4.42. The van der Waals surface area contributed by atoms with Crippen molar-refractivity contribution in [2.75, 3.05) is 7.11 Å². The molecular weight excluding hydrogens is 186 g/mol. The predicted molar refractivity (Wildman–Crippen MR) is 47.7 cm³/mol. The van der Waals surface area contributed by atoms with Gasteiger partial charge in [-0.15, -0.1) is 0 Å². The number of aliphatic imine (C=N–C) groups is 1. The Bertz CT molecular complexity index is 407. The van der Waals surface area contributed by atoms with Crippen molar-refractivity contribution in [3.8, 4) is 5.75 Å². The van der Waals surface area contributed by atoms with Crippen LogP contribution < -0.4 is 4.74 Å². The molecule has 0 saturated heterocycles. The van der Waals surface area contributed by atoms with Gasteiger partial charge in [0.2, 0.25) is 6.08 Å². The van der Waals surface area contributed by atoms with E-state index in [-0.39, 0.29) is 17.0 Å². The Balaban J connectivity index is 3.42. The Hall–Kier alpha value is -2.13. The van der Waals surface area contributed by atoms with E-state index < -0.39 is 5.97 Å². The number of methoxy groups -OCH3 is 1. The number of isocyanates is 1. The topological polar surface area (TPSA) is 76.0 Å². The summed E-state index contributed by atoms with van der Waals surface area (Å²) in [5.41, 5.74) is -0.106. The van der Waals surface area contributed by atoms with E-state index in [0.29, 0.717) is 0 Å². The molecule has 0 aliphatic rings. The molecule has 0 amide bonds. The van der Waals surface area contributed by atoms with Crippen LogP contribution in [0.3, 0.4) is 0 Å². The Morgan fingerprint density at radius 2 is 2.29 bits per heavy atom. The molecule has 1 rings (SSSR count). The van der Waals surface area contributed by atoms with Gasteiger partial charge < -0.3 is 9.84 Å². The van der Waals surface area contributed by atoms with Crippen LogP contribution in [0, 0.1) is 0 Å². The van der Waals surface area contributed by atoms with Gasteiger partial charge in [0.05, 0.1) is 12.8 Å². The largest absolute Gasteiger partial charge is 0.496 e. The molecule has 1 N–H and O–H groups in total. The van der Waals surface area contributed by atoms with Crippen molar-refractivity contribution in [2.24, 2.45) is 4.99 Å². The Kier molecular flexibility index (Phi) is 2.99. The number of carboxylic acids is 1. The summed E-state index contributed by atoms with van der Waals surface area (Å²) in [6.45, 7) is 0. The highest BCUT2D eigenvalue weighted by Gasteiger charge is 2.15. The van der Waals surface area contributed by atoms with Crippen LogP contribution in [0.2, 0.25) is 0 Å². The van der Waals surface area contributed by atoms with Gasteiger partial charge in [-0.2, -0.15) is 4.99 Å². The molecule has 0 atom stereocenters. The first kappa shape index (κ1) is 9.95. The molecule has 5 heteroatoms. The van der Waals surface area contributed by atoms with Gasteiger partial charge in [0.15, 0.2) is 0 Å². The predicted octanol–water partition coefficient (Wildman–Crippen LogP) is 1.36. The number of nitrogens with zero attached hydrogens (tertiary/aromatic N) is 1. The van der Waals surface area contributed by atoms with Crippen LogP contribution in [-0.4, -0.2) is 24.3 Å². The highest BCUT2D eigenvalue weighted by atomic mass is 16.5. The normalized spacial score (nSPS) is 8.93. The van der Waals surface area contributed by atoms with Gasteiger partial charge in [-0.1, -0.05) is 6.07 Å². The van der Waals surface area contributed by atoms with Crippen molar-refractivity contribution in [2.45, 2.75) is 0 Å². The zero-order valence-electron chi connectivity index (χ0n) is 7.35. The lowest BCUT2D eigenvalue weighted by Crippen LogP contribution is -2.00. The highest BCUT2D eigenvalue weighted by molar-refractivity contribution is 5.96. The van der Waals surface area contributed by atoms with Gasteiger partial charge in [0, 0.05) is 0 Å². The molecule has 0 saturated carbocycles. The third-order valence-corrected chi connectivity index (χ3v) is 1.60. The second-order valence-electron chi connectivity index (χ2n) is 2.36. The Labute approximate surface area is 79.7 Å². The third kappa shape index (κ3) is 1.78. The zero-order valence-corrected chi connectivity index (χ0v) is 7.35. The maximum Gasteiger partial charge on any atom is 0.341 e. The number of carbonyl (C=O) groups is 1. The maximum absolute atomic E-state index is 10.8. The van der Waals surface area contributed by atoms with Crippen molar-refractivity contribution in [1.82, 2.24) is 0 Å². The van der Waals surface area contributed by atoms with Crippen LogP contribution in [0.5, 0.6) is 5.75 Å². The minimum absolute atomic E-state index is 0.0341. The fraction of sp³-hybridized carbons (Fsp3) is 0.111. The summed E-state index contributed by atoms with van der Waals surface area (Å²) in [5.74, 6) is -1.04. The lowest BCUT2D eigenvalue weighted by Gasteiger charge is -2.05. The lowest BCUT2D eigenvalue weighted by molar-refractivity contribution is 0.0694. The Morgan fingerprint density at radius 1 is 1.57 bits per heavy atom. The molecular formula is C9H7NO4. The molecule has 0 fully saturated rings. The van der Waals surface area contributed by atoms with Crippen LogP contribution in [0.25, 0.3) is 0 Å². The summed E-state index contributed by atoms with van der Waals surface area (Å²) in [5, 5.41) is 8.83. The highest BCUT2D eigenvalue weighted by Crippen LogP contribution is 2.27. The maximum atomic E-state index is 10.8. The van der Waals surface area contributed by atoms with Gasteiger partial charge in [0.25, 0.3) is 0 Å². The molecule has 0 heterocycles. The van der Waals surface area contributed by atoms with Crippen molar-refractivity contribution < 1.29 is 19.4 Å². The van der Waals surface area contributed by atoms with Gasteiger partial charge in [-0.05, 0) is 12.1 Å². The number of aromatic carboxylic acids is 1. The van der Waals surface area contributed by atoms with E-state index in [1.54, 1.807) is 6.07 Å². The molecule has 1 aromatic carbocycles. The van der Waals surface area contributed by atoms with Gasteiger partial charge in [0.1, 0.15) is 11.3 Å². The lowest BCUT2D eigenvalue weighted by atomic mass is 10.1. The number of benzene rings is 1. The van der Waals surface area contributed by atoms with E-state index in [4.69, 9.17) is 9.84 Å². The first-order valence-electron chi connectivity index (χ1n) is 3.69. The summed E-state index contributed by atoms with van der Waals surface area (Å²) in [4.78, 5) is 24.1. The fourth-order valence-electron chi connectivity index (χ4n) is 1.05. The molecule has 0 radical (unpaired) electrons. The molecule has 14 heavy (non-hydrogen) atoms. The average Bonchev–Trinajstić information content (AvgIpc) is 2.17. The minimum atomic E-state index is -1.20. The van der Waals surface area contributed by atoms with E-state index in [2.05, 4.69) is 4.99 Å². The minimum Gasteiger partial charge on any atom is -0.496 e. The summed E-state index contributed by atoms with van der Waals surface area (Å²) in [6.07, 6.45) is 1.29. The zero-order chi connectivity index (χ0) is 10.6. The molecule has 0 aromatic heterocycles. The molecule has 0 spiro atoms. The van der Waals surface area contributed by atoms with Gasteiger partial charge >= 0.3 is 5.97 Å². The average molecular weight is 193 g/mol. The van der Waals surface area contributed by atoms with E-state index in [9.17, 15) is 9.59 Å². The van der Waals surface area contributed by atoms with Crippen molar-refractivity contribution in [1.29, 1.82) is 0 Å². The van der Waals surface area contributed by atoms with E-state index in [1.807, 2.05) is 0 Å². The van der Waals surface area contributed by atoms with E-state index >= 15 is 0 Å². The monoisotopic (exact) mass is 193 g/mol. The van der Waals surface area contributed by atoms with Crippen LogP contribution >= 0.6 is 0 Å². The van der Waals surface area contributed by atoms with Crippen molar-refractivity contribution in [3.63, 3.8) is 0 Å². The molecule has 1 aromatic rings. The summed E-state index contributed by atoms with van der Waals surface area (Å²) < 4.78 is 4.82. The van der Waals surface area contributed by atoms with Crippen molar-refractivity contribution in [3.05, 3.63) is 23.8 Å². The van der Waals surface area contributed by atoms with Crippen LogP contribution in [0.1, 0.15) is 10.4 Å². The van der Waals surface area contributed by atoms with Crippen molar-refractivity contribution >= 4 is 17.7 Å². The van der Waals surface area contributed by atoms with Crippen LogP contribution in [-0.2, 0) is 4.79 Å². The molecule has 0 aliphatic carbocycles. The smallest absolute Gasteiger partial charge is 0.341 e. The third-order valence-electron chi connectivity index (χ3n) is 1.60. The Morgan fingerprint density at radius 3 is 2.79 bits per heavy atom. The van der Waals surface area contributed by atoms with Gasteiger partial charge in [-0.25, -0.2) is 9.59 Å². The van der Waals surface area contributed by atoms with Crippen LogP contribution in [0.4, 0.5) is 5.69 Å². The fourth-order valence-corrected chi connectivity index (χ4v) is 1.05. The van der Waals surface area contributed by atoms with Crippen LogP contribution in [0.15, 0.2) is 23.2 Å². The van der Waals surface area contributed by atoms with E-state index in [0.717, 1.165) is 0 Å². The molecule has 0 aliphatic heterocycles. The first-order valence-corrected chi connectivity index (χ1v) is 3.69. The molecule has 5 nitrogen and oxygen atoms in total. The quantitative estimate of drug-likeness (QED) is 0.580. The second kappa shape index (κ2) is 4.20. The molecule has 72 valence electrons. The first-order chi connectivity index (χ1) is 6.70. The number of carbonyl (C=O) groups excluding carboxylic acids is 1. The second-order valence-corrected chi connectivity index (χ2v) is 2.36. The number of carboxylic acid groups (broad SMARTS) is 1. The standard InChI is InChI=1S/C9H7NO4/c1-14-7-4-2-3-6(10-5-11)8(7)9(12)13/h2-4H,1H3,(H,12,13). The number of ether oxygens (including phenoxy) is 1. The number of hydrogen-bond acceptors (Lipinski definition) is 4. The van der Waals surface area contributed by atoms with Gasteiger partial charge in [-0.3, -0.25) is 0 Å². The number of rotatable bonds is 3.